The Morgan fingerprint density at radius 3 is 2.43 bits per heavy atom. The van der Waals surface area contributed by atoms with E-state index in [4.69, 9.17) is 9.73 Å². The predicted octanol–water partition coefficient (Wildman–Crippen LogP) is 0.750. The Labute approximate surface area is 141 Å². The van der Waals surface area contributed by atoms with Gasteiger partial charge in [-0.1, -0.05) is 0 Å². The van der Waals surface area contributed by atoms with Crippen molar-refractivity contribution in [3.05, 3.63) is 0 Å². The largest absolute Gasteiger partial charge is 0.379 e. The molecule has 0 saturated carbocycles. The van der Waals surface area contributed by atoms with Crippen LogP contribution in [0.4, 0.5) is 0 Å². The number of likely N-dealkylation sites (tertiary alicyclic amines) is 1. The average molecular weight is 326 g/mol. The van der Waals surface area contributed by atoms with Gasteiger partial charge in [0.15, 0.2) is 5.96 Å². The number of guanidine groups is 1. The molecule has 6 nitrogen and oxygen atoms in total. The van der Waals surface area contributed by atoms with E-state index in [1.807, 2.05) is 0 Å². The number of rotatable bonds is 9. The molecule has 0 radical (unpaired) electrons. The van der Waals surface area contributed by atoms with Crippen LogP contribution in [0, 0.1) is 0 Å². The second kappa shape index (κ2) is 11.6. The highest BCUT2D eigenvalue weighted by molar-refractivity contribution is 5.79. The van der Waals surface area contributed by atoms with Crippen molar-refractivity contribution in [1.29, 1.82) is 0 Å². The Morgan fingerprint density at radius 2 is 1.70 bits per heavy atom. The fourth-order valence-electron chi connectivity index (χ4n) is 3.14. The van der Waals surface area contributed by atoms with Crippen molar-refractivity contribution < 1.29 is 4.74 Å². The minimum absolute atomic E-state index is 0.866. The van der Waals surface area contributed by atoms with Gasteiger partial charge >= 0.3 is 0 Å². The maximum absolute atomic E-state index is 5.38. The molecule has 0 aromatic heterocycles. The van der Waals surface area contributed by atoms with Crippen LogP contribution in [0.3, 0.4) is 0 Å². The molecule has 0 atom stereocenters. The molecule has 2 rings (SSSR count). The summed E-state index contributed by atoms with van der Waals surface area (Å²) in [5.74, 6) is 0.960. The quantitative estimate of drug-likeness (QED) is 0.372. The molecule has 0 spiro atoms. The van der Waals surface area contributed by atoms with Crippen molar-refractivity contribution in [2.24, 2.45) is 4.99 Å². The lowest BCUT2D eigenvalue weighted by Gasteiger charge is -2.26. The van der Waals surface area contributed by atoms with Crippen LogP contribution >= 0.6 is 0 Å². The van der Waals surface area contributed by atoms with Gasteiger partial charge in [0, 0.05) is 39.3 Å². The number of nitrogens with one attached hydrogen (secondary N) is 2. The van der Waals surface area contributed by atoms with Crippen LogP contribution in [0.5, 0.6) is 0 Å². The van der Waals surface area contributed by atoms with Crippen molar-refractivity contribution in [2.75, 3.05) is 72.1 Å². The maximum atomic E-state index is 5.38. The van der Waals surface area contributed by atoms with Gasteiger partial charge in [0.2, 0.25) is 0 Å². The molecule has 0 aromatic carbocycles. The third-order valence-corrected chi connectivity index (χ3v) is 4.52. The van der Waals surface area contributed by atoms with Crippen molar-refractivity contribution in [3.8, 4) is 0 Å². The first-order chi connectivity index (χ1) is 11.4. The number of aliphatic imine (C=N–C) groups is 1. The van der Waals surface area contributed by atoms with E-state index in [9.17, 15) is 0 Å². The number of nitrogens with zero attached hydrogens (tertiary/aromatic N) is 3. The Kier molecular flexibility index (Phi) is 9.36. The summed E-state index contributed by atoms with van der Waals surface area (Å²) in [5, 5.41) is 6.78. The van der Waals surface area contributed by atoms with Crippen LogP contribution in [0.15, 0.2) is 4.99 Å². The average Bonchev–Trinajstić information content (AvgIpc) is 3.09. The Morgan fingerprint density at radius 1 is 0.957 bits per heavy atom. The molecule has 6 heteroatoms. The fraction of sp³-hybridized carbons (Fsp3) is 0.941. The zero-order valence-corrected chi connectivity index (χ0v) is 14.9. The summed E-state index contributed by atoms with van der Waals surface area (Å²) >= 11 is 0. The molecule has 0 unspecified atom stereocenters. The van der Waals surface area contributed by atoms with E-state index in [1.54, 1.807) is 0 Å². The van der Waals surface area contributed by atoms with Crippen LogP contribution < -0.4 is 10.6 Å². The number of ether oxygens (including phenoxy) is 1. The second-order valence-corrected chi connectivity index (χ2v) is 6.40. The number of morpholine rings is 1. The second-order valence-electron chi connectivity index (χ2n) is 6.40. The lowest BCUT2D eigenvalue weighted by Crippen LogP contribution is -2.44. The number of hydrogen-bond donors (Lipinski definition) is 2. The first kappa shape index (κ1) is 18.5. The van der Waals surface area contributed by atoms with Gasteiger partial charge in [0.05, 0.1) is 13.2 Å². The van der Waals surface area contributed by atoms with Crippen molar-refractivity contribution >= 4 is 5.96 Å². The van der Waals surface area contributed by atoms with Crippen LogP contribution in [0.2, 0.25) is 0 Å². The van der Waals surface area contributed by atoms with Gasteiger partial charge in [-0.05, 0) is 52.2 Å². The van der Waals surface area contributed by atoms with Crippen molar-refractivity contribution in [1.82, 2.24) is 20.4 Å². The van der Waals surface area contributed by atoms with Gasteiger partial charge in [0.1, 0.15) is 0 Å². The lowest BCUT2D eigenvalue weighted by molar-refractivity contribution is 0.0389. The van der Waals surface area contributed by atoms with E-state index < -0.39 is 0 Å². The third kappa shape index (κ3) is 7.99. The number of unbranched alkanes of at least 4 members (excludes halogenated alkanes) is 1. The predicted molar refractivity (Wildman–Crippen MR) is 96.1 cm³/mol. The monoisotopic (exact) mass is 325 g/mol. The minimum Gasteiger partial charge on any atom is -0.379 e. The third-order valence-electron chi connectivity index (χ3n) is 4.52. The summed E-state index contributed by atoms with van der Waals surface area (Å²) in [5.41, 5.74) is 0. The highest BCUT2D eigenvalue weighted by Crippen LogP contribution is 2.08. The first-order valence-electron chi connectivity index (χ1n) is 9.43. The zero-order chi connectivity index (χ0) is 16.2. The summed E-state index contributed by atoms with van der Waals surface area (Å²) < 4.78 is 5.38. The van der Waals surface area contributed by atoms with Crippen molar-refractivity contribution in [3.63, 3.8) is 0 Å². The molecule has 23 heavy (non-hydrogen) atoms. The topological polar surface area (TPSA) is 52.1 Å². The van der Waals surface area contributed by atoms with Gasteiger partial charge in [-0.3, -0.25) is 9.89 Å². The molecule has 0 aromatic rings. The molecular weight excluding hydrogens is 290 g/mol. The highest BCUT2D eigenvalue weighted by Gasteiger charge is 2.10. The van der Waals surface area contributed by atoms with Gasteiger partial charge in [-0.2, -0.15) is 0 Å². The molecule has 0 bridgehead atoms. The molecule has 134 valence electrons. The Bertz CT molecular complexity index is 325. The van der Waals surface area contributed by atoms with Gasteiger partial charge in [-0.15, -0.1) is 0 Å². The molecule has 0 aliphatic carbocycles. The molecular formula is C17H35N5O. The highest BCUT2D eigenvalue weighted by atomic mass is 16.5. The normalized spacial score (nSPS) is 20.8. The lowest BCUT2D eigenvalue weighted by atomic mass is 10.3. The van der Waals surface area contributed by atoms with Crippen LogP contribution in [-0.2, 0) is 4.74 Å². The van der Waals surface area contributed by atoms with Crippen LogP contribution in [0.25, 0.3) is 0 Å². The SMILES string of the molecule is CCNC(=NCCCCN1CCCC1)NCCN1CCOCC1. The summed E-state index contributed by atoms with van der Waals surface area (Å²) in [7, 11) is 0. The van der Waals surface area contributed by atoms with E-state index >= 15 is 0 Å². The summed E-state index contributed by atoms with van der Waals surface area (Å²) in [6, 6.07) is 0. The first-order valence-corrected chi connectivity index (χ1v) is 9.43. The molecule has 2 heterocycles. The molecule has 2 aliphatic heterocycles. The van der Waals surface area contributed by atoms with E-state index in [0.29, 0.717) is 0 Å². The van der Waals surface area contributed by atoms with Crippen LogP contribution in [0.1, 0.15) is 32.6 Å². The molecule has 2 saturated heterocycles. The summed E-state index contributed by atoms with van der Waals surface area (Å²) in [6.45, 7) is 13.6. The minimum atomic E-state index is 0.866. The van der Waals surface area contributed by atoms with E-state index in [2.05, 4.69) is 27.4 Å². The molecule has 2 fully saturated rings. The number of hydrogen-bond acceptors (Lipinski definition) is 4. The van der Waals surface area contributed by atoms with Gasteiger partial charge in [0.25, 0.3) is 0 Å². The Balaban J connectivity index is 1.55. The van der Waals surface area contributed by atoms with E-state index in [-0.39, 0.29) is 0 Å². The standard InChI is InChI=1S/C17H35N5O/c1-2-18-17(20-8-12-22-13-15-23-16-14-22)19-7-3-4-9-21-10-5-6-11-21/h2-16H2,1H3,(H2,18,19,20). The molecule has 2 aliphatic rings. The summed E-state index contributed by atoms with van der Waals surface area (Å²) in [4.78, 5) is 9.71. The fourth-order valence-corrected chi connectivity index (χ4v) is 3.14. The maximum Gasteiger partial charge on any atom is 0.191 e. The van der Waals surface area contributed by atoms with Crippen molar-refractivity contribution in [2.45, 2.75) is 32.6 Å². The van der Waals surface area contributed by atoms with E-state index in [0.717, 1.165) is 58.4 Å². The summed E-state index contributed by atoms with van der Waals surface area (Å²) in [6.07, 6.45) is 5.21. The Hall–Kier alpha value is -0.850. The van der Waals surface area contributed by atoms with Gasteiger partial charge in [-0.25, -0.2) is 0 Å². The van der Waals surface area contributed by atoms with E-state index in [1.165, 1.54) is 45.3 Å². The molecule has 0 amide bonds. The van der Waals surface area contributed by atoms with Crippen LogP contribution in [-0.4, -0.2) is 87.9 Å². The smallest absolute Gasteiger partial charge is 0.191 e. The molecule has 2 N–H and O–H groups in total. The zero-order valence-electron chi connectivity index (χ0n) is 14.9. The van der Waals surface area contributed by atoms with Gasteiger partial charge < -0.3 is 20.3 Å².